The molecular weight excluding hydrogens is 360 g/mol. The van der Waals surface area contributed by atoms with Crippen LogP contribution in [0.25, 0.3) is 0 Å². The second-order valence-electron chi connectivity index (χ2n) is 6.59. The van der Waals surface area contributed by atoms with Crippen LogP contribution in [-0.2, 0) is 10.1 Å². The second-order valence-corrected chi connectivity index (χ2v) is 8.56. The van der Waals surface area contributed by atoms with E-state index in [1.165, 1.54) is 70.9 Å². The molecule has 0 saturated carbocycles. The summed E-state index contributed by atoms with van der Waals surface area (Å²) in [5.74, 6) is -1.05. The van der Waals surface area contributed by atoms with Gasteiger partial charge in [0, 0.05) is 12.6 Å². The molecule has 4 nitrogen and oxygen atoms in total. The molecule has 0 aliphatic carbocycles. The Kier molecular flexibility index (Phi) is 13.3. The third kappa shape index (κ3) is 13.1. The summed E-state index contributed by atoms with van der Waals surface area (Å²) < 4.78 is 53.8. The Hall–Kier alpha value is -1.21. The lowest BCUT2D eigenvalue weighted by atomic mass is 10.1. The van der Waals surface area contributed by atoms with Gasteiger partial charge in [-0.1, -0.05) is 51.9 Å². The number of halogens is 2. The fraction of sp³-hybridized carbons (Fsp3) is 0.684. The molecule has 0 bridgehead atoms. The number of nitrogens with one attached hydrogen (secondary N) is 1. The predicted octanol–water partition coefficient (Wildman–Crippen LogP) is 5.80. The van der Waals surface area contributed by atoms with Crippen LogP contribution in [0.3, 0.4) is 0 Å². The van der Waals surface area contributed by atoms with Crippen LogP contribution in [0.1, 0.15) is 72.1 Å². The van der Waals surface area contributed by atoms with Crippen molar-refractivity contribution in [3.05, 3.63) is 29.8 Å². The largest absolute Gasteiger partial charge is 0.383 e. The Morgan fingerprint density at radius 1 is 1.00 bits per heavy atom. The molecule has 0 aliphatic rings. The van der Waals surface area contributed by atoms with Crippen molar-refractivity contribution >= 4 is 15.8 Å². The first-order valence-corrected chi connectivity index (χ1v) is 10.8. The molecule has 0 fully saturated rings. The van der Waals surface area contributed by atoms with Gasteiger partial charge in [-0.2, -0.15) is 8.42 Å². The van der Waals surface area contributed by atoms with Crippen LogP contribution >= 0.6 is 0 Å². The number of unbranched alkanes of at least 4 members (excludes halogenated alkanes) is 7. The molecule has 1 rings (SSSR count). The van der Waals surface area contributed by atoms with Gasteiger partial charge in [0.25, 0.3) is 10.1 Å². The molecule has 26 heavy (non-hydrogen) atoms. The van der Waals surface area contributed by atoms with Crippen LogP contribution in [0.5, 0.6) is 0 Å². The standard InChI is InChI=1S/C16H25F2N.C3H8O3S/c1-2-3-4-5-6-7-8-9-12-19-16-11-10-14(17)13-15(16)18;1-3(2)7(4,5)6/h10-11,13,19H,2-9,12H2,1H3;3H,1-2H3,(H,4,5,6). The summed E-state index contributed by atoms with van der Waals surface area (Å²) in [6.45, 7) is 5.79. The van der Waals surface area contributed by atoms with Crippen molar-refractivity contribution in [2.45, 2.75) is 77.4 Å². The molecule has 0 atom stereocenters. The van der Waals surface area contributed by atoms with E-state index < -0.39 is 27.0 Å². The van der Waals surface area contributed by atoms with Gasteiger partial charge >= 0.3 is 0 Å². The lowest BCUT2D eigenvalue weighted by Gasteiger charge is -2.07. The van der Waals surface area contributed by atoms with E-state index in [9.17, 15) is 17.2 Å². The summed E-state index contributed by atoms with van der Waals surface area (Å²) in [7, 11) is -3.74. The molecule has 0 unspecified atom stereocenters. The maximum atomic E-state index is 13.3. The van der Waals surface area contributed by atoms with Gasteiger partial charge in [0.05, 0.1) is 10.9 Å². The molecule has 2 N–H and O–H groups in total. The van der Waals surface area contributed by atoms with Crippen LogP contribution < -0.4 is 5.32 Å². The van der Waals surface area contributed by atoms with Crippen LogP contribution in [0.15, 0.2) is 18.2 Å². The summed E-state index contributed by atoms with van der Waals surface area (Å²) in [4.78, 5) is 0. The third-order valence-electron chi connectivity index (χ3n) is 3.87. The van der Waals surface area contributed by atoms with E-state index in [1.54, 1.807) is 0 Å². The van der Waals surface area contributed by atoms with E-state index in [0.717, 1.165) is 19.0 Å². The van der Waals surface area contributed by atoms with E-state index in [0.29, 0.717) is 5.69 Å². The zero-order valence-electron chi connectivity index (χ0n) is 16.1. The highest BCUT2D eigenvalue weighted by atomic mass is 32.2. The Labute approximate surface area is 157 Å². The van der Waals surface area contributed by atoms with Crippen molar-refractivity contribution < 1.29 is 21.8 Å². The van der Waals surface area contributed by atoms with E-state index in [1.807, 2.05) is 0 Å². The first kappa shape index (κ1) is 24.8. The zero-order chi connectivity index (χ0) is 20.0. The number of benzene rings is 1. The van der Waals surface area contributed by atoms with Gasteiger partial charge in [-0.3, -0.25) is 4.55 Å². The molecule has 0 spiro atoms. The fourth-order valence-corrected chi connectivity index (χ4v) is 2.11. The highest BCUT2D eigenvalue weighted by molar-refractivity contribution is 7.86. The van der Waals surface area contributed by atoms with E-state index >= 15 is 0 Å². The van der Waals surface area contributed by atoms with Crippen molar-refractivity contribution in [2.75, 3.05) is 11.9 Å². The van der Waals surface area contributed by atoms with Crippen molar-refractivity contribution in [3.8, 4) is 0 Å². The molecule has 1 aromatic carbocycles. The third-order valence-corrected chi connectivity index (χ3v) is 5.06. The molecule has 0 radical (unpaired) electrons. The Bertz CT molecular complexity index is 592. The van der Waals surface area contributed by atoms with Crippen LogP contribution in [0.2, 0.25) is 0 Å². The monoisotopic (exact) mass is 393 g/mol. The van der Waals surface area contributed by atoms with Crippen molar-refractivity contribution in [1.29, 1.82) is 0 Å². The smallest absolute Gasteiger partial charge is 0.267 e. The SMILES string of the molecule is CC(C)S(=O)(=O)O.CCCCCCCCCCNc1ccc(F)cc1F. The minimum absolute atomic E-state index is 0.393. The summed E-state index contributed by atoms with van der Waals surface area (Å²) in [6, 6.07) is 3.64. The van der Waals surface area contributed by atoms with E-state index in [2.05, 4.69) is 12.2 Å². The number of anilines is 1. The van der Waals surface area contributed by atoms with Gasteiger partial charge in [-0.15, -0.1) is 0 Å². The Morgan fingerprint density at radius 3 is 1.96 bits per heavy atom. The summed E-state index contributed by atoms with van der Waals surface area (Å²) >= 11 is 0. The molecule has 0 aromatic heterocycles. The van der Waals surface area contributed by atoms with Crippen molar-refractivity contribution in [3.63, 3.8) is 0 Å². The van der Waals surface area contributed by atoms with Gasteiger partial charge in [-0.05, 0) is 32.4 Å². The average Bonchev–Trinajstić information content (AvgIpc) is 2.54. The van der Waals surface area contributed by atoms with E-state index in [4.69, 9.17) is 4.55 Å². The molecule has 1 aromatic rings. The van der Waals surface area contributed by atoms with Gasteiger partial charge in [0.15, 0.2) is 0 Å². The van der Waals surface area contributed by atoms with Gasteiger partial charge in [0.1, 0.15) is 11.6 Å². The van der Waals surface area contributed by atoms with Crippen molar-refractivity contribution in [1.82, 2.24) is 0 Å². The van der Waals surface area contributed by atoms with Crippen LogP contribution in [-0.4, -0.2) is 24.8 Å². The van der Waals surface area contributed by atoms with Gasteiger partial charge < -0.3 is 5.32 Å². The summed E-state index contributed by atoms with van der Waals surface area (Å²) in [5, 5.41) is 2.34. The quantitative estimate of drug-likeness (QED) is 0.368. The van der Waals surface area contributed by atoms with Gasteiger partial charge in [-0.25, -0.2) is 8.78 Å². The normalized spacial score (nSPS) is 11.2. The van der Waals surface area contributed by atoms with Crippen LogP contribution in [0.4, 0.5) is 14.5 Å². The number of rotatable bonds is 11. The minimum atomic E-state index is -3.74. The molecular formula is C19H33F2NO3S. The first-order valence-electron chi connectivity index (χ1n) is 9.33. The molecule has 0 amide bonds. The highest BCUT2D eigenvalue weighted by Crippen LogP contribution is 2.15. The predicted molar refractivity (Wildman–Crippen MR) is 104 cm³/mol. The van der Waals surface area contributed by atoms with Gasteiger partial charge in [0.2, 0.25) is 0 Å². The molecule has 152 valence electrons. The average molecular weight is 394 g/mol. The fourth-order valence-electron chi connectivity index (χ4n) is 2.11. The maximum Gasteiger partial charge on any atom is 0.267 e. The Morgan fingerprint density at radius 2 is 1.50 bits per heavy atom. The van der Waals surface area contributed by atoms with E-state index in [-0.39, 0.29) is 0 Å². The maximum absolute atomic E-state index is 13.3. The lowest BCUT2D eigenvalue weighted by molar-refractivity contribution is 0.473. The Balaban J connectivity index is 0.000000758. The molecule has 0 heterocycles. The topological polar surface area (TPSA) is 66.4 Å². The number of hydrogen-bond donors (Lipinski definition) is 2. The highest BCUT2D eigenvalue weighted by Gasteiger charge is 2.08. The summed E-state index contributed by atoms with van der Waals surface area (Å²) in [6.07, 6.45) is 10.0. The minimum Gasteiger partial charge on any atom is -0.383 e. The number of hydrogen-bond acceptors (Lipinski definition) is 3. The molecule has 0 aliphatic heterocycles. The zero-order valence-corrected chi connectivity index (χ0v) is 16.9. The van der Waals surface area contributed by atoms with Crippen LogP contribution in [0, 0.1) is 11.6 Å². The summed E-state index contributed by atoms with van der Waals surface area (Å²) in [5.41, 5.74) is 0.393. The lowest BCUT2D eigenvalue weighted by Crippen LogP contribution is -2.10. The molecule has 7 heteroatoms. The van der Waals surface area contributed by atoms with Crippen molar-refractivity contribution in [2.24, 2.45) is 0 Å². The first-order chi connectivity index (χ1) is 12.2. The second kappa shape index (κ2) is 13.9. The molecule has 0 saturated heterocycles.